The predicted molar refractivity (Wildman–Crippen MR) is 79.6 cm³/mol. The van der Waals surface area contributed by atoms with E-state index < -0.39 is 23.8 Å². The number of fused-ring (bicyclic) bond motifs is 2. The zero-order valence-corrected chi connectivity index (χ0v) is 12.6. The maximum Gasteiger partial charge on any atom is 0.350 e. The van der Waals surface area contributed by atoms with Gasteiger partial charge in [0.15, 0.2) is 0 Å². The molecule has 3 rings (SSSR count). The van der Waals surface area contributed by atoms with Gasteiger partial charge in [-0.3, -0.25) is 9.59 Å². The van der Waals surface area contributed by atoms with E-state index in [0.29, 0.717) is 17.0 Å². The van der Waals surface area contributed by atoms with E-state index in [1.807, 2.05) is 12.2 Å². The Balaban J connectivity index is 1.80. The van der Waals surface area contributed by atoms with E-state index in [1.165, 1.54) is 18.4 Å². The van der Waals surface area contributed by atoms with Gasteiger partial charge in [-0.05, 0) is 29.7 Å². The molecular formula is C15H15NO5S. The highest BCUT2D eigenvalue weighted by molar-refractivity contribution is 7.12. The van der Waals surface area contributed by atoms with Crippen molar-refractivity contribution in [2.24, 2.45) is 23.7 Å². The molecular weight excluding hydrogens is 306 g/mol. The van der Waals surface area contributed by atoms with Gasteiger partial charge in [-0.15, -0.1) is 11.3 Å². The molecule has 6 nitrogen and oxygen atoms in total. The number of methoxy groups -OCH3 is 1. The van der Waals surface area contributed by atoms with E-state index in [1.54, 1.807) is 11.4 Å². The summed E-state index contributed by atoms with van der Waals surface area (Å²) in [5.41, 5.74) is 0.373. The molecule has 0 saturated heterocycles. The predicted octanol–water partition coefficient (Wildman–Crippen LogP) is 2.00. The molecule has 1 aromatic rings. The van der Waals surface area contributed by atoms with Crippen molar-refractivity contribution in [3.05, 3.63) is 28.5 Å². The van der Waals surface area contributed by atoms with Crippen LogP contribution in [0.15, 0.2) is 23.6 Å². The molecule has 1 amide bonds. The number of carboxylic acids is 1. The molecule has 1 saturated carbocycles. The van der Waals surface area contributed by atoms with Crippen LogP contribution in [0.4, 0.5) is 5.69 Å². The fraction of sp³-hybridized carbons (Fsp3) is 0.400. The van der Waals surface area contributed by atoms with Crippen molar-refractivity contribution in [1.29, 1.82) is 0 Å². The third-order valence-corrected chi connectivity index (χ3v) is 5.24. The van der Waals surface area contributed by atoms with E-state index in [0.717, 1.165) is 0 Å². The van der Waals surface area contributed by atoms with Gasteiger partial charge >= 0.3 is 11.9 Å². The van der Waals surface area contributed by atoms with E-state index in [-0.39, 0.29) is 17.7 Å². The molecule has 2 N–H and O–H groups in total. The molecule has 0 spiro atoms. The standard InChI is InChI=1S/C15H15NO5S/c1-21-15(20)12-9(4-5-22-12)16-13(17)10-7-2-3-8(6-7)11(10)14(18)19/h2-5,7-8,10-11H,6H2,1H3,(H,16,17)(H,18,19)/t7-,8+,10-,11+/m0/s1. The molecule has 2 aliphatic carbocycles. The van der Waals surface area contributed by atoms with Crippen molar-refractivity contribution >= 4 is 34.9 Å². The minimum absolute atomic E-state index is 0.0497. The lowest BCUT2D eigenvalue weighted by Gasteiger charge is -2.23. The number of hydrogen-bond acceptors (Lipinski definition) is 5. The average Bonchev–Trinajstić information content (AvgIpc) is 3.20. The maximum atomic E-state index is 12.5. The van der Waals surface area contributed by atoms with Gasteiger partial charge in [0.25, 0.3) is 0 Å². The summed E-state index contributed by atoms with van der Waals surface area (Å²) in [6.07, 6.45) is 4.50. The number of thiophene rings is 1. The van der Waals surface area contributed by atoms with Crippen molar-refractivity contribution in [3.63, 3.8) is 0 Å². The van der Waals surface area contributed by atoms with Crippen LogP contribution in [0.25, 0.3) is 0 Å². The molecule has 1 aromatic heterocycles. The van der Waals surface area contributed by atoms with Crippen LogP contribution in [0.5, 0.6) is 0 Å². The lowest BCUT2D eigenvalue weighted by molar-refractivity contribution is -0.146. The number of anilines is 1. The lowest BCUT2D eigenvalue weighted by atomic mass is 9.82. The summed E-state index contributed by atoms with van der Waals surface area (Å²) < 4.78 is 4.67. The van der Waals surface area contributed by atoms with Gasteiger partial charge in [-0.25, -0.2) is 4.79 Å². The van der Waals surface area contributed by atoms with Crippen LogP contribution in [0.1, 0.15) is 16.1 Å². The minimum Gasteiger partial charge on any atom is -0.481 e. The van der Waals surface area contributed by atoms with Gasteiger partial charge in [0.2, 0.25) is 5.91 Å². The molecule has 1 heterocycles. The Bertz CT molecular complexity index is 665. The van der Waals surface area contributed by atoms with Crippen LogP contribution in [0.3, 0.4) is 0 Å². The van der Waals surface area contributed by atoms with E-state index >= 15 is 0 Å². The van der Waals surface area contributed by atoms with Crippen LogP contribution < -0.4 is 5.32 Å². The summed E-state index contributed by atoms with van der Waals surface area (Å²) in [6, 6.07) is 1.62. The molecule has 0 unspecified atom stereocenters. The summed E-state index contributed by atoms with van der Waals surface area (Å²) in [6.45, 7) is 0. The molecule has 7 heteroatoms. The molecule has 0 radical (unpaired) electrons. The second-order valence-corrected chi connectivity index (χ2v) is 6.40. The summed E-state index contributed by atoms with van der Waals surface area (Å²) in [7, 11) is 1.27. The van der Waals surface area contributed by atoms with Crippen molar-refractivity contribution in [2.45, 2.75) is 6.42 Å². The van der Waals surface area contributed by atoms with Gasteiger partial charge in [-0.1, -0.05) is 12.2 Å². The van der Waals surface area contributed by atoms with Gasteiger partial charge in [-0.2, -0.15) is 0 Å². The second kappa shape index (κ2) is 5.57. The van der Waals surface area contributed by atoms with Crippen LogP contribution in [0, 0.1) is 23.7 Å². The fourth-order valence-electron chi connectivity index (χ4n) is 3.39. The average molecular weight is 321 g/mol. The number of esters is 1. The number of amides is 1. The number of aliphatic carboxylic acids is 1. The highest BCUT2D eigenvalue weighted by atomic mass is 32.1. The molecule has 0 aromatic carbocycles. The Labute approximate surface area is 130 Å². The van der Waals surface area contributed by atoms with Crippen molar-refractivity contribution in [2.75, 3.05) is 12.4 Å². The fourth-order valence-corrected chi connectivity index (χ4v) is 4.16. The lowest BCUT2D eigenvalue weighted by Crippen LogP contribution is -2.36. The Morgan fingerprint density at radius 2 is 1.95 bits per heavy atom. The van der Waals surface area contributed by atoms with Gasteiger partial charge in [0, 0.05) is 0 Å². The summed E-state index contributed by atoms with van der Waals surface area (Å²) in [5.74, 6) is -3.25. The first-order valence-electron chi connectivity index (χ1n) is 6.90. The van der Waals surface area contributed by atoms with Crippen LogP contribution >= 0.6 is 11.3 Å². The molecule has 116 valence electrons. The highest BCUT2D eigenvalue weighted by Crippen LogP contribution is 2.48. The molecule has 1 fully saturated rings. The number of allylic oxidation sites excluding steroid dienone is 2. The van der Waals surface area contributed by atoms with Crippen molar-refractivity contribution in [1.82, 2.24) is 0 Å². The number of carboxylic acid groups (broad SMARTS) is 1. The SMILES string of the molecule is COC(=O)c1sccc1NC(=O)[C@@H]1[C@H](C(=O)O)[C@@H]2C=C[C@H]1C2. The first kappa shape index (κ1) is 14.8. The molecule has 0 aliphatic heterocycles. The van der Waals surface area contributed by atoms with Crippen LogP contribution in [-0.4, -0.2) is 30.1 Å². The summed E-state index contributed by atoms with van der Waals surface area (Å²) in [5, 5.41) is 13.7. The topological polar surface area (TPSA) is 92.7 Å². The number of rotatable bonds is 4. The Kier molecular flexibility index (Phi) is 3.74. The van der Waals surface area contributed by atoms with E-state index in [4.69, 9.17) is 0 Å². The monoisotopic (exact) mass is 321 g/mol. The second-order valence-electron chi connectivity index (χ2n) is 5.48. The number of nitrogens with one attached hydrogen (secondary N) is 1. The van der Waals surface area contributed by atoms with E-state index in [2.05, 4.69) is 10.1 Å². The maximum absolute atomic E-state index is 12.5. The first-order chi connectivity index (χ1) is 10.5. The highest BCUT2D eigenvalue weighted by Gasteiger charge is 2.51. The number of carbonyl (C=O) groups is 3. The Morgan fingerprint density at radius 1 is 1.27 bits per heavy atom. The van der Waals surface area contributed by atoms with Crippen LogP contribution in [-0.2, 0) is 14.3 Å². The molecule has 22 heavy (non-hydrogen) atoms. The van der Waals surface area contributed by atoms with E-state index in [9.17, 15) is 19.5 Å². The molecule has 4 atom stereocenters. The summed E-state index contributed by atoms with van der Waals surface area (Å²) >= 11 is 1.17. The third-order valence-electron chi connectivity index (χ3n) is 4.34. The number of ether oxygens (including phenoxy) is 1. The first-order valence-corrected chi connectivity index (χ1v) is 7.78. The molecule has 2 aliphatic rings. The zero-order valence-electron chi connectivity index (χ0n) is 11.8. The number of carbonyl (C=O) groups excluding carboxylic acids is 2. The smallest absolute Gasteiger partial charge is 0.350 e. The summed E-state index contributed by atoms with van der Waals surface area (Å²) in [4.78, 5) is 35.9. The Morgan fingerprint density at radius 3 is 2.59 bits per heavy atom. The largest absolute Gasteiger partial charge is 0.481 e. The van der Waals surface area contributed by atoms with Crippen LogP contribution in [0.2, 0.25) is 0 Å². The van der Waals surface area contributed by atoms with Crippen molar-refractivity contribution < 1.29 is 24.2 Å². The minimum atomic E-state index is -0.949. The van der Waals surface area contributed by atoms with Gasteiger partial charge < -0.3 is 15.2 Å². The van der Waals surface area contributed by atoms with Crippen molar-refractivity contribution in [3.8, 4) is 0 Å². The molecule has 2 bridgehead atoms. The Hall–Kier alpha value is -2.15. The quantitative estimate of drug-likeness (QED) is 0.653. The zero-order chi connectivity index (χ0) is 15.9. The normalized spacial score (nSPS) is 28.6. The third kappa shape index (κ3) is 2.31. The van der Waals surface area contributed by atoms with Gasteiger partial charge in [0.05, 0.1) is 24.6 Å². The van der Waals surface area contributed by atoms with Gasteiger partial charge in [0.1, 0.15) is 4.88 Å². The number of hydrogen-bond donors (Lipinski definition) is 2.